The predicted molar refractivity (Wildman–Crippen MR) is 109 cm³/mol. The maximum atomic E-state index is 12.2. The molecule has 0 aliphatic heterocycles. The van der Waals surface area contributed by atoms with Gasteiger partial charge in [0.15, 0.2) is 11.5 Å². The molecule has 0 radical (unpaired) electrons. The van der Waals surface area contributed by atoms with Crippen LogP contribution in [-0.4, -0.2) is 44.4 Å². The summed E-state index contributed by atoms with van der Waals surface area (Å²) in [6.07, 6.45) is 2.68. The normalized spacial score (nSPS) is 13.5. The average molecular weight is 415 g/mol. The number of unbranched alkanes of at least 4 members (excludes halogenated alkanes) is 2. The lowest BCUT2D eigenvalue weighted by Crippen LogP contribution is -2.50. The van der Waals surface area contributed by atoms with Crippen LogP contribution in [0.5, 0.6) is 5.75 Å². The van der Waals surface area contributed by atoms with Crippen LogP contribution >= 0.6 is 0 Å². The summed E-state index contributed by atoms with van der Waals surface area (Å²) in [6.45, 7) is 4.18. The lowest BCUT2D eigenvalue weighted by molar-refractivity contribution is -0.143. The van der Waals surface area contributed by atoms with Gasteiger partial charge in [0, 0.05) is 6.54 Å². The second-order valence-corrected chi connectivity index (χ2v) is 8.43. The van der Waals surface area contributed by atoms with Crippen molar-refractivity contribution in [3.8, 4) is 5.75 Å². The third-order valence-electron chi connectivity index (χ3n) is 4.10. The van der Waals surface area contributed by atoms with Gasteiger partial charge in [0.05, 0.1) is 12.4 Å². The van der Waals surface area contributed by atoms with Gasteiger partial charge in [-0.25, -0.2) is 13.2 Å². The first kappa shape index (κ1) is 23.7. The van der Waals surface area contributed by atoms with E-state index in [1.54, 1.807) is 24.3 Å². The maximum absolute atomic E-state index is 12.2. The van der Waals surface area contributed by atoms with Gasteiger partial charge >= 0.3 is 5.97 Å². The third-order valence-corrected chi connectivity index (χ3v) is 5.65. The molecule has 10 heteroatoms. The van der Waals surface area contributed by atoms with Crippen LogP contribution in [0.2, 0.25) is 0 Å². The molecule has 0 aromatic heterocycles. The first-order valence-corrected chi connectivity index (χ1v) is 10.8. The number of carboxylic acid groups (broad SMARTS) is 1. The van der Waals surface area contributed by atoms with Crippen molar-refractivity contribution in [3.05, 3.63) is 29.8 Å². The molecule has 1 unspecified atom stereocenters. The summed E-state index contributed by atoms with van der Waals surface area (Å²) in [4.78, 5) is 15.7. The number of nitrogens with zero attached hydrogens (tertiary/aromatic N) is 1. The highest BCUT2D eigenvalue weighted by atomic mass is 32.2. The molecule has 1 aromatic rings. The predicted octanol–water partition coefficient (Wildman–Crippen LogP) is 1.14. The zero-order valence-electron chi connectivity index (χ0n) is 16.3. The van der Waals surface area contributed by atoms with Crippen LogP contribution in [0.3, 0.4) is 0 Å². The number of aliphatic imine (C=N–C) groups is 1. The summed E-state index contributed by atoms with van der Waals surface area (Å²) >= 11 is 0. The molecular weight excluding hydrogens is 384 g/mol. The summed E-state index contributed by atoms with van der Waals surface area (Å²) in [5.74, 6) is -0.774. The Hall–Kier alpha value is -2.33. The summed E-state index contributed by atoms with van der Waals surface area (Å²) in [5.41, 5.74) is 9.05. The lowest BCUT2D eigenvalue weighted by atomic mass is 9.93. The van der Waals surface area contributed by atoms with Gasteiger partial charge in [0.1, 0.15) is 5.75 Å². The van der Waals surface area contributed by atoms with Crippen LogP contribution in [0.4, 0.5) is 0 Å². The Morgan fingerprint density at radius 3 is 2.39 bits per heavy atom. The number of sulfonamides is 1. The van der Waals surface area contributed by atoms with Crippen LogP contribution in [0.15, 0.2) is 29.3 Å². The molecule has 0 amide bonds. The number of carbonyl (C=O) groups is 1. The quantitative estimate of drug-likeness (QED) is 0.214. The molecule has 0 heterocycles. The Balaban J connectivity index is 2.74. The molecule has 1 aromatic carbocycles. The standard InChI is InChI=1S/C18H30N4O5S/c1-3-4-13-28(25,26)22-18(2,16(23)24)14-7-9-15(10-8-14)27-12-6-5-11-21-17(19)20/h7-10,22H,3-6,11-13H2,1-2H3,(H,23,24)(H4,19,20,21). The number of hydrogen-bond acceptors (Lipinski definition) is 5. The Morgan fingerprint density at radius 2 is 1.86 bits per heavy atom. The van der Waals surface area contributed by atoms with E-state index in [4.69, 9.17) is 16.2 Å². The van der Waals surface area contributed by atoms with E-state index >= 15 is 0 Å². The van der Waals surface area contributed by atoms with E-state index in [0.29, 0.717) is 37.3 Å². The van der Waals surface area contributed by atoms with Gasteiger partial charge in [-0.15, -0.1) is 0 Å². The van der Waals surface area contributed by atoms with E-state index in [1.165, 1.54) is 6.92 Å². The van der Waals surface area contributed by atoms with Crippen molar-refractivity contribution in [3.63, 3.8) is 0 Å². The van der Waals surface area contributed by atoms with Gasteiger partial charge in [-0.1, -0.05) is 25.5 Å². The van der Waals surface area contributed by atoms with Crippen LogP contribution in [0, 0.1) is 0 Å². The van der Waals surface area contributed by atoms with E-state index in [2.05, 4.69) is 9.71 Å². The first-order chi connectivity index (χ1) is 13.1. The molecular formula is C18H30N4O5S. The van der Waals surface area contributed by atoms with E-state index in [0.717, 1.165) is 12.8 Å². The minimum Gasteiger partial charge on any atom is -0.494 e. The molecule has 9 nitrogen and oxygen atoms in total. The van der Waals surface area contributed by atoms with Gasteiger partial charge in [0.2, 0.25) is 10.0 Å². The number of carboxylic acids is 1. The number of guanidine groups is 1. The minimum atomic E-state index is -3.72. The second-order valence-electron chi connectivity index (χ2n) is 6.59. The molecule has 0 bridgehead atoms. The van der Waals surface area contributed by atoms with Crippen LogP contribution < -0.4 is 20.9 Å². The number of hydrogen-bond donors (Lipinski definition) is 4. The van der Waals surface area contributed by atoms with Gasteiger partial charge in [-0.3, -0.25) is 4.99 Å². The Kier molecular flexibility index (Phi) is 9.20. The third kappa shape index (κ3) is 7.73. The fourth-order valence-corrected chi connectivity index (χ4v) is 4.02. The highest BCUT2D eigenvalue weighted by Gasteiger charge is 2.39. The second kappa shape index (κ2) is 10.9. The molecule has 28 heavy (non-hydrogen) atoms. The Labute approximate surface area is 166 Å². The summed E-state index contributed by atoms with van der Waals surface area (Å²) in [6, 6.07) is 6.33. The van der Waals surface area contributed by atoms with Crippen molar-refractivity contribution < 1.29 is 23.1 Å². The number of rotatable bonds is 13. The van der Waals surface area contributed by atoms with Crippen LogP contribution in [-0.2, 0) is 20.4 Å². The van der Waals surface area contributed by atoms with Crippen LogP contribution in [0.1, 0.15) is 45.1 Å². The molecule has 1 rings (SSSR count). The Morgan fingerprint density at radius 1 is 1.21 bits per heavy atom. The monoisotopic (exact) mass is 414 g/mol. The van der Waals surface area contributed by atoms with Crippen LogP contribution in [0.25, 0.3) is 0 Å². The summed E-state index contributed by atoms with van der Waals surface area (Å²) in [5, 5.41) is 9.62. The largest absolute Gasteiger partial charge is 0.494 e. The molecule has 0 aliphatic rings. The highest BCUT2D eigenvalue weighted by Crippen LogP contribution is 2.25. The average Bonchev–Trinajstić information content (AvgIpc) is 2.62. The minimum absolute atomic E-state index is 0.0586. The van der Waals surface area contributed by atoms with Crippen molar-refractivity contribution in [1.82, 2.24) is 4.72 Å². The van der Waals surface area contributed by atoms with E-state index in [9.17, 15) is 18.3 Å². The summed E-state index contributed by atoms with van der Waals surface area (Å²) < 4.78 is 32.3. The molecule has 1 atom stereocenters. The molecule has 0 fully saturated rings. The smallest absolute Gasteiger partial charge is 0.329 e. The molecule has 158 valence electrons. The van der Waals surface area contributed by atoms with Gasteiger partial charge in [-0.05, 0) is 43.9 Å². The Bertz CT molecular complexity index is 761. The number of ether oxygens (including phenoxy) is 1. The summed E-state index contributed by atoms with van der Waals surface area (Å²) in [7, 11) is -3.72. The zero-order valence-corrected chi connectivity index (χ0v) is 17.2. The SMILES string of the molecule is CCCCS(=O)(=O)NC(C)(C(=O)O)c1ccc(OCCCCN=C(N)N)cc1. The molecule has 0 saturated heterocycles. The van der Waals surface area contributed by atoms with E-state index in [1.807, 2.05) is 6.92 Å². The van der Waals surface area contributed by atoms with Gasteiger partial charge in [0.25, 0.3) is 0 Å². The van der Waals surface area contributed by atoms with Crippen molar-refractivity contribution in [2.24, 2.45) is 16.5 Å². The fourth-order valence-electron chi connectivity index (χ4n) is 2.42. The highest BCUT2D eigenvalue weighted by molar-refractivity contribution is 7.89. The number of aliphatic carboxylic acids is 1. The fraction of sp³-hybridized carbons (Fsp3) is 0.556. The van der Waals surface area contributed by atoms with Crippen molar-refractivity contribution in [2.75, 3.05) is 18.9 Å². The number of benzene rings is 1. The van der Waals surface area contributed by atoms with E-state index < -0.39 is 21.5 Å². The molecule has 0 spiro atoms. The number of nitrogens with one attached hydrogen (secondary N) is 1. The topological polar surface area (TPSA) is 157 Å². The molecule has 0 saturated carbocycles. The molecule has 0 aliphatic carbocycles. The first-order valence-electron chi connectivity index (χ1n) is 9.14. The maximum Gasteiger partial charge on any atom is 0.329 e. The van der Waals surface area contributed by atoms with Gasteiger partial charge in [-0.2, -0.15) is 4.72 Å². The lowest BCUT2D eigenvalue weighted by Gasteiger charge is -2.26. The van der Waals surface area contributed by atoms with Crippen molar-refractivity contribution in [1.29, 1.82) is 0 Å². The van der Waals surface area contributed by atoms with Crippen molar-refractivity contribution >= 4 is 22.0 Å². The van der Waals surface area contributed by atoms with Gasteiger partial charge < -0.3 is 21.3 Å². The zero-order chi connectivity index (χ0) is 21.2. The van der Waals surface area contributed by atoms with E-state index in [-0.39, 0.29) is 11.7 Å². The molecule has 6 N–H and O–H groups in total. The number of nitrogens with two attached hydrogens (primary N) is 2. The van der Waals surface area contributed by atoms with Crippen molar-refractivity contribution in [2.45, 2.75) is 45.1 Å².